The van der Waals surface area contributed by atoms with Crippen LogP contribution in [0.15, 0.2) is 146 Å². The van der Waals surface area contributed by atoms with Gasteiger partial charge in [-0.05, 0) is 63.0 Å². The van der Waals surface area contributed by atoms with E-state index in [0.29, 0.717) is 0 Å². The van der Waals surface area contributed by atoms with Crippen LogP contribution in [-0.4, -0.2) is 9.55 Å². The Labute approximate surface area is 237 Å². The van der Waals surface area contributed by atoms with Crippen molar-refractivity contribution in [3.05, 3.63) is 146 Å². The molecule has 41 heavy (non-hydrogen) atoms. The van der Waals surface area contributed by atoms with E-state index in [2.05, 4.69) is 144 Å². The summed E-state index contributed by atoms with van der Waals surface area (Å²) in [6, 6.07) is 52.3. The van der Waals surface area contributed by atoms with Crippen molar-refractivity contribution in [2.24, 2.45) is 0 Å². The van der Waals surface area contributed by atoms with Gasteiger partial charge in [0.05, 0.1) is 16.7 Å². The number of fused-ring (bicyclic) bond motifs is 3. The predicted molar refractivity (Wildman–Crippen MR) is 171 cm³/mol. The first-order valence-electron chi connectivity index (χ1n) is 14.1. The largest absolute Gasteiger partial charge is 0.294 e. The van der Waals surface area contributed by atoms with Gasteiger partial charge in [-0.15, -0.1) is 0 Å². The molecule has 0 radical (unpaired) electrons. The van der Waals surface area contributed by atoms with Gasteiger partial charge in [-0.3, -0.25) is 4.57 Å². The molecule has 0 aliphatic heterocycles. The molecule has 9 rings (SSSR count). The number of aromatic nitrogens is 2. The fraction of sp³-hybridized carbons (Fsp3) is 0. The van der Waals surface area contributed by atoms with Gasteiger partial charge in [-0.1, -0.05) is 121 Å². The number of nitrogens with zero attached hydrogens (tertiary/aromatic N) is 2. The van der Waals surface area contributed by atoms with E-state index in [1.807, 2.05) is 6.07 Å². The van der Waals surface area contributed by atoms with E-state index in [-0.39, 0.29) is 0 Å². The molecule has 0 amide bonds. The molecule has 0 unspecified atom stereocenters. The van der Waals surface area contributed by atoms with Crippen LogP contribution in [0.5, 0.6) is 0 Å². The van der Waals surface area contributed by atoms with Crippen molar-refractivity contribution in [1.29, 1.82) is 0 Å². The lowest BCUT2D eigenvalue weighted by Crippen LogP contribution is -1.99. The number of benzene rings is 6. The van der Waals surface area contributed by atoms with Crippen molar-refractivity contribution in [3.63, 3.8) is 0 Å². The lowest BCUT2D eigenvalue weighted by atomic mass is 9.90. The van der Waals surface area contributed by atoms with Gasteiger partial charge in [0, 0.05) is 21.7 Å². The zero-order valence-corrected chi connectivity index (χ0v) is 22.3. The Morgan fingerprint density at radius 3 is 1.76 bits per heavy atom. The van der Waals surface area contributed by atoms with Gasteiger partial charge in [0.2, 0.25) is 0 Å². The Kier molecular flexibility index (Phi) is 4.64. The molecule has 0 bridgehead atoms. The molecule has 8 aromatic rings. The fourth-order valence-corrected chi connectivity index (χ4v) is 6.83. The molecule has 0 N–H and O–H groups in total. The molecule has 6 aromatic carbocycles. The molecular formula is C39H24N2. The van der Waals surface area contributed by atoms with E-state index in [1.165, 1.54) is 66.0 Å². The average Bonchev–Trinajstić information content (AvgIpc) is 3.33. The monoisotopic (exact) mass is 520 g/mol. The lowest BCUT2D eigenvalue weighted by molar-refractivity contribution is 1.08. The Balaban J connectivity index is 1.46. The highest BCUT2D eigenvalue weighted by Gasteiger charge is 2.25. The van der Waals surface area contributed by atoms with Crippen LogP contribution < -0.4 is 0 Å². The van der Waals surface area contributed by atoms with Crippen LogP contribution in [0, 0.1) is 0 Å². The van der Waals surface area contributed by atoms with E-state index in [9.17, 15) is 0 Å². The highest BCUT2D eigenvalue weighted by molar-refractivity contribution is 6.31. The molecule has 2 heterocycles. The number of hydrogen-bond acceptors (Lipinski definition) is 1. The molecule has 1 aliphatic rings. The summed E-state index contributed by atoms with van der Waals surface area (Å²) in [5, 5.41) is 5.17. The fourth-order valence-electron chi connectivity index (χ4n) is 6.83. The quantitative estimate of drug-likeness (QED) is 0.227. The lowest BCUT2D eigenvalue weighted by Gasteiger charge is -2.15. The summed E-state index contributed by atoms with van der Waals surface area (Å²) in [4.78, 5) is 5.21. The minimum atomic E-state index is 0.928. The molecule has 0 saturated carbocycles. The average molecular weight is 521 g/mol. The van der Waals surface area contributed by atoms with Crippen molar-refractivity contribution < 1.29 is 0 Å². The molecule has 2 aromatic heterocycles. The Bertz CT molecular complexity index is 2290. The highest BCUT2D eigenvalue weighted by atomic mass is 15.1. The molecule has 0 fully saturated rings. The summed E-state index contributed by atoms with van der Waals surface area (Å²) in [6.45, 7) is 0. The molecule has 2 nitrogen and oxygen atoms in total. The molecule has 1 aliphatic carbocycles. The van der Waals surface area contributed by atoms with Gasteiger partial charge in [-0.2, -0.15) is 0 Å². The second kappa shape index (κ2) is 8.51. The van der Waals surface area contributed by atoms with Gasteiger partial charge in [0.15, 0.2) is 0 Å². The molecule has 0 saturated heterocycles. The maximum atomic E-state index is 5.21. The van der Waals surface area contributed by atoms with Crippen LogP contribution in [0.25, 0.3) is 83.0 Å². The first kappa shape index (κ1) is 22.4. The van der Waals surface area contributed by atoms with E-state index in [4.69, 9.17) is 4.98 Å². The van der Waals surface area contributed by atoms with Crippen LogP contribution in [-0.2, 0) is 0 Å². The van der Waals surface area contributed by atoms with Gasteiger partial charge < -0.3 is 0 Å². The molecule has 0 atom stereocenters. The van der Waals surface area contributed by atoms with E-state index in [1.54, 1.807) is 0 Å². The second-order valence-electron chi connectivity index (χ2n) is 10.7. The van der Waals surface area contributed by atoms with E-state index >= 15 is 0 Å². The minimum Gasteiger partial charge on any atom is -0.294 e. The van der Waals surface area contributed by atoms with Gasteiger partial charge >= 0.3 is 0 Å². The minimum absolute atomic E-state index is 0.928. The van der Waals surface area contributed by atoms with Crippen LogP contribution in [0.3, 0.4) is 0 Å². The second-order valence-corrected chi connectivity index (χ2v) is 10.7. The third-order valence-corrected chi connectivity index (χ3v) is 8.56. The van der Waals surface area contributed by atoms with Crippen LogP contribution >= 0.6 is 0 Å². The van der Waals surface area contributed by atoms with E-state index in [0.717, 1.165) is 17.1 Å². The van der Waals surface area contributed by atoms with E-state index < -0.39 is 0 Å². The summed E-state index contributed by atoms with van der Waals surface area (Å²) in [6.07, 6.45) is 0. The van der Waals surface area contributed by atoms with Crippen molar-refractivity contribution in [2.45, 2.75) is 0 Å². The maximum absolute atomic E-state index is 5.21. The van der Waals surface area contributed by atoms with Gasteiger partial charge in [0.25, 0.3) is 0 Å². The number of pyridine rings is 1. The zero-order valence-electron chi connectivity index (χ0n) is 22.3. The Hall–Kier alpha value is -5.47. The zero-order chi connectivity index (χ0) is 26.9. The summed E-state index contributed by atoms with van der Waals surface area (Å²) in [5.74, 6) is 0.928. The third-order valence-electron chi connectivity index (χ3n) is 8.56. The van der Waals surface area contributed by atoms with Crippen molar-refractivity contribution >= 4 is 32.6 Å². The van der Waals surface area contributed by atoms with Crippen LogP contribution in [0.2, 0.25) is 0 Å². The van der Waals surface area contributed by atoms with Crippen LogP contribution in [0.4, 0.5) is 0 Å². The smallest absolute Gasteiger partial charge is 0.138 e. The maximum Gasteiger partial charge on any atom is 0.138 e. The van der Waals surface area contributed by atoms with Crippen molar-refractivity contribution in [2.75, 3.05) is 0 Å². The Morgan fingerprint density at radius 2 is 0.976 bits per heavy atom. The SMILES string of the molecule is c1ccc(-c2cccc(-n3c4cccc5c4c4c6c(ccc(-c7ccccc7)c6ccc43)-c3ccccc3-5)n2)cc1. The molecule has 0 spiro atoms. The standard InChI is InChI=1S/C39H24N2/c1-3-11-25(12-4-1)27-21-22-32-29-16-8-7-15-28(29)30-17-9-19-34-38(30)39-35(24-23-31(27)37(32)39)41(34)36-20-10-18-33(40-36)26-13-5-2-6-14-26/h1-24H. The summed E-state index contributed by atoms with van der Waals surface area (Å²) >= 11 is 0. The number of hydrogen-bond donors (Lipinski definition) is 0. The number of rotatable bonds is 3. The first-order valence-corrected chi connectivity index (χ1v) is 14.1. The predicted octanol–water partition coefficient (Wildman–Crippen LogP) is 10.3. The summed E-state index contributed by atoms with van der Waals surface area (Å²) < 4.78 is 2.35. The van der Waals surface area contributed by atoms with Crippen molar-refractivity contribution in [3.8, 4) is 50.5 Å². The summed E-state index contributed by atoms with van der Waals surface area (Å²) in [7, 11) is 0. The highest BCUT2D eigenvalue weighted by Crippen LogP contribution is 2.50. The van der Waals surface area contributed by atoms with Gasteiger partial charge in [0.1, 0.15) is 5.82 Å². The molecular weight excluding hydrogens is 496 g/mol. The van der Waals surface area contributed by atoms with Gasteiger partial charge in [-0.25, -0.2) is 4.98 Å². The summed E-state index contributed by atoms with van der Waals surface area (Å²) in [5.41, 5.74) is 12.0. The molecule has 2 heteroatoms. The first-order chi connectivity index (χ1) is 20.4. The third kappa shape index (κ3) is 3.16. The Morgan fingerprint density at radius 1 is 0.366 bits per heavy atom. The molecule has 190 valence electrons. The topological polar surface area (TPSA) is 17.8 Å². The van der Waals surface area contributed by atoms with Crippen LogP contribution in [0.1, 0.15) is 0 Å². The normalized spacial score (nSPS) is 11.9. The van der Waals surface area contributed by atoms with Crippen molar-refractivity contribution in [1.82, 2.24) is 9.55 Å².